The van der Waals surface area contributed by atoms with Crippen molar-refractivity contribution in [3.63, 3.8) is 0 Å². The van der Waals surface area contributed by atoms with Crippen LogP contribution in [0.4, 0.5) is 19.0 Å². The Hall–Kier alpha value is -1.34. The molecule has 0 amide bonds. The number of anilines is 1. The van der Waals surface area contributed by atoms with Gasteiger partial charge < -0.3 is 5.32 Å². The predicted molar refractivity (Wildman–Crippen MR) is 63.7 cm³/mol. The van der Waals surface area contributed by atoms with E-state index in [1.54, 1.807) is 5.51 Å². The summed E-state index contributed by atoms with van der Waals surface area (Å²) in [7, 11) is 0. The average Bonchev–Trinajstić information content (AvgIpc) is 2.79. The minimum absolute atomic E-state index is 0.0694. The van der Waals surface area contributed by atoms with Crippen LogP contribution in [0.2, 0.25) is 5.02 Å². The van der Waals surface area contributed by atoms with Crippen molar-refractivity contribution in [2.24, 2.45) is 0 Å². The van der Waals surface area contributed by atoms with Crippen LogP contribution in [0.5, 0.6) is 0 Å². The van der Waals surface area contributed by atoms with Gasteiger partial charge >= 0.3 is 6.18 Å². The highest BCUT2D eigenvalue weighted by atomic mass is 35.5. The summed E-state index contributed by atoms with van der Waals surface area (Å²) in [6, 6.07) is 0.845. The van der Waals surface area contributed by atoms with E-state index < -0.39 is 11.7 Å². The Bertz CT molecular complexity index is 528. The molecule has 3 nitrogen and oxygen atoms in total. The Balaban J connectivity index is 2.10. The molecule has 2 aromatic heterocycles. The van der Waals surface area contributed by atoms with Gasteiger partial charge in [-0.05, 0) is 6.07 Å². The first-order valence-corrected chi connectivity index (χ1v) is 6.12. The quantitative estimate of drug-likeness (QED) is 0.935. The van der Waals surface area contributed by atoms with E-state index in [9.17, 15) is 13.2 Å². The molecule has 0 aliphatic heterocycles. The predicted octanol–water partition coefficient (Wildman–Crippen LogP) is 3.82. The summed E-state index contributed by atoms with van der Waals surface area (Å²) < 4.78 is 37.1. The number of pyridine rings is 1. The molecule has 18 heavy (non-hydrogen) atoms. The van der Waals surface area contributed by atoms with E-state index in [1.807, 2.05) is 5.38 Å². The van der Waals surface area contributed by atoms with Gasteiger partial charge in [0.15, 0.2) is 0 Å². The van der Waals surface area contributed by atoms with Crippen molar-refractivity contribution in [1.29, 1.82) is 0 Å². The normalized spacial score (nSPS) is 11.6. The van der Waals surface area contributed by atoms with Crippen LogP contribution in [0.1, 0.15) is 11.3 Å². The van der Waals surface area contributed by atoms with Gasteiger partial charge in [0.25, 0.3) is 0 Å². The molecule has 0 aliphatic rings. The number of hydrogen-bond acceptors (Lipinski definition) is 4. The maximum atomic E-state index is 12.4. The van der Waals surface area contributed by atoms with Crippen LogP contribution in [0.15, 0.2) is 23.2 Å². The number of thiazole rings is 1. The second-order valence-corrected chi connectivity index (χ2v) is 4.51. The zero-order chi connectivity index (χ0) is 13.2. The maximum Gasteiger partial charge on any atom is 0.417 e. The largest absolute Gasteiger partial charge is 0.417 e. The van der Waals surface area contributed by atoms with E-state index in [0.29, 0.717) is 6.54 Å². The summed E-state index contributed by atoms with van der Waals surface area (Å²) in [6.45, 7) is 0.363. The Morgan fingerprint density at radius 1 is 1.33 bits per heavy atom. The SMILES string of the molecule is FC(F)(F)c1cnc(NCc2cscn2)c(Cl)c1. The van der Waals surface area contributed by atoms with E-state index in [0.717, 1.165) is 18.0 Å². The van der Waals surface area contributed by atoms with Crippen LogP contribution in [-0.4, -0.2) is 9.97 Å². The second-order valence-electron chi connectivity index (χ2n) is 3.39. The number of aromatic nitrogens is 2. The lowest BCUT2D eigenvalue weighted by atomic mass is 10.3. The Kier molecular flexibility index (Phi) is 3.72. The first-order valence-electron chi connectivity index (χ1n) is 4.80. The highest BCUT2D eigenvalue weighted by Gasteiger charge is 2.31. The van der Waals surface area contributed by atoms with Crippen molar-refractivity contribution in [1.82, 2.24) is 9.97 Å². The fourth-order valence-electron chi connectivity index (χ4n) is 1.22. The lowest BCUT2D eigenvalue weighted by Crippen LogP contribution is -2.08. The smallest absolute Gasteiger partial charge is 0.363 e. The van der Waals surface area contributed by atoms with Gasteiger partial charge in [-0.15, -0.1) is 11.3 Å². The molecule has 2 aromatic rings. The lowest BCUT2D eigenvalue weighted by Gasteiger charge is -2.09. The van der Waals surface area contributed by atoms with Gasteiger partial charge in [-0.2, -0.15) is 13.2 Å². The molecule has 0 saturated carbocycles. The van der Waals surface area contributed by atoms with E-state index in [2.05, 4.69) is 15.3 Å². The monoisotopic (exact) mass is 293 g/mol. The first-order chi connectivity index (χ1) is 8.47. The van der Waals surface area contributed by atoms with Crippen LogP contribution in [0, 0.1) is 0 Å². The fraction of sp³-hybridized carbons (Fsp3) is 0.200. The van der Waals surface area contributed by atoms with Crippen molar-refractivity contribution < 1.29 is 13.2 Å². The van der Waals surface area contributed by atoms with Crippen LogP contribution >= 0.6 is 22.9 Å². The van der Waals surface area contributed by atoms with E-state index in [1.165, 1.54) is 11.3 Å². The molecule has 0 radical (unpaired) electrons. The number of halogens is 4. The number of nitrogens with zero attached hydrogens (tertiary/aromatic N) is 2. The molecule has 2 heterocycles. The van der Waals surface area contributed by atoms with Crippen molar-refractivity contribution in [2.75, 3.05) is 5.32 Å². The van der Waals surface area contributed by atoms with Gasteiger partial charge in [0, 0.05) is 11.6 Å². The van der Waals surface area contributed by atoms with Gasteiger partial charge in [-0.3, -0.25) is 0 Å². The minimum atomic E-state index is -4.44. The van der Waals surface area contributed by atoms with Crippen LogP contribution in [0.25, 0.3) is 0 Å². The van der Waals surface area contributed by atoms with E-state index in [-0.39, 0.29) is 10.8 Å². The molecule has 2 rings (SSSR count). The third-order valence-corrected chi connectivity index (χ3v) is 3.01. The molecule has 1 N–H and O–H groups in total. The molecular weight excluding hydrogens is 287 g/mol. The van der Waals surface area contributed by atoms with Crippen molar-refractivity contribution in [2.45, 2.75) is 12.7 Å². The Labute approximate surface area is 110 Å². The topological polar surface area (TPSA) is 37.8 Å². The summed E-state index contributed by atoms with van der Waals surface area (Å²) in [4.78, 5) is 7.68. The van der Waals surface area contributed by atoms with Crippen LogP contribution < -0.4 is 5.32 Å². The van der Waals surface area contributed by atoms with Crippen molar-refractivity contribution in [3.05, 3.63) is 39.4 Å². The molecule has 8 heteroatoms. The van der Waals surface area contributed by atoms with Gasteiger partial charge in [0.2, 0.25) is 0 Å². The third-order valence-electron chi connectivity index (χ3n) is 2.09. The van der Waals surface area contributed by atoms with Crippen molar-refractivity contribution >= 4 is 28.8 Å². The third kappa shape index (κ3) is 3.11. The summed E-state index contributed by atoms with van der Waals surface area (Å²) in [5.74, 6) is 0.206. The number of hydrogen-bond donors (Lipinski definition) is 1. The zero-order valence-electron chi connectivity index (χ0n) is 8.83. The first kappa shape index (κ1) is 13.1. The molecule has 0 unspecified atom stereocenters. The number of alkyl halides is 3. The van der Waals surface area contributed by atoms with Crippen LogP contribution in [-0.2, 0) is 12.7 Å². The zero-order valence-corrected chi connectivity index (χ0v) is 10.4. The molecule has 0 aromatic carbocycles. The average molecular weight is 294 g/mol. The van der Waals surface area contributed by atoms with E-state index >= 15 is 0 Å². The Morgan fingerprint density at radius 2 is 2.11 bits per heavy atom. The highest BCUT2D eigenvalue weighted by Crippen LogP contribution is 2.32. The number of rotatable bonds is 3. The van der Waals surface area contributed by atoms with Gasteiger partial charge in [-0.25, -0.2) is 9.97 Å². The van der Waals surface area contributed by atoms with Crippen molar-refractivity contribution in [3.8, 4) is 0 Å². The molecular formula is C10H7ClF3N3S. The standard InChI is InChI=1S/C10H7ClF3N3S/c11-8-1-6(10(12,13)14)2-15-9(8)16-3-7-4-18-5-17-7/h1-2,4-5H,3H2,(H,15,16). The van der Waals surface area contributed by atoms with Gasteiger partial charge in [-0.1, -0.05) is 11.6 Å². The van der Waals surface area contributed by atoms with Gasteiger partial charge in [0.05, 0.1) is 28.3 Å². The molecule has 0 spiro atoms. The molecule has 0 atom stereocenters. The summed E-state index contributed by atoms with van der Waals surface area (Å²) >= 11 is 7.16. The van der Waals surface area contributed by atoms with E-state index in [4.69, 9.17) is 11.6 Å². The second kappa shape index (κ2) is 5.11. The summed E-state index contributed by atoms with van der Waals surface area (Å²) in [5.41, 5.74) is 1.57. The summed E-state index contributed by atoms with van der Waals surface area (Å²) in [5, 5.41) is 4.58. The Morgan fingerprint density at radius 3 is 2.67 bits per heavy atom. The highest BCUT2D eigenvalue weighted by molar-refractivity contribution is 7.07. The maximum absolute atomic E-state index is 12.4. The molecule has 0 bridgehead atoms. The summed E-state index contributed by atoms with van der Waals surface area (Å²) in [6.07, 6.45) is -3.70. The molecule has 96 valence electrons. The lowest BCUT2D eigenvalue weighted by molar-refractivity contribution is -0.137. The molecule has 0 fully saturated rings. The fourth-order valence-corrected chi connectivity index (χ4v) is 2.01. The van der Waals surface area contributed by atoms with Crippen LogP contribution in [0.3, 0.4) is 0 Å². The molecule has 0 saturated heterocycles. The van der Waals surface area contributed by atoms with Gasteiger partial charge in [0.1, 0.15) is 5.82 Å². The molecule has 0 aliphatic carbocycles. The minimum Gasteiger partial charge on any atom is -0.363 e. The number of nitrogens with one attached hydrogen (secondary N) is 1.